The Balaban J connectivity index is 2.83. The number of nitrogens with zero attached hydrogens (tertiary/aromatic N) is 4. The molecule has 0 aromatic heterocycles. The van der Waals surface area contributed by atoms with Gasteiger partial charge in [0, 0.05) is 52.4 Å². The molecule has 1 aliphatic rings. The van der Waals surface area contributed by atoms with E-state index >= 15 is 0 Å². The van der Waals surface area contributed by atoms with Crippen LogP contribution >= 0.6 is 0 Å². The zero-order valence-electron chi connectivity index (χ0n) is 19.8. The van der Waals surface area contributed by atoms with Crippen molar-refractivity contribution in [1.29, 1.82) is 0 Å². The van der Waals surface area contributed by atoms with Crippen molar-refractivity contribution in [2.75, 3.05) is 78.5 Å². The van der Waals surface area contributed by atoms with Crippen LogP contribution < -0.4 is 0 Å². The third-order valence-corrected chi connectivity index (χ3v) is 5.45. The van der Waals surface area contributed by atoms with E-state index in [1.54, 1.807) is 0 Å². The standard InChI is InChI=1S/C22H48N4O4/c1-19(27)15-23-7-5-8-25(17-21(3)29)13-14-26(18-22(4)30)10-6-9-24(12-11-23)16-20(2)28/h19-22,27-30H,5-18H2,1-4H3/t19-,20-,21-,22-/m1/s1. The van der Waals surface area contributed by atoms with Crippen LogP contribution in [0.1, 0.15) is 40.5 Å². The molecule has 0 amide bonds. The summed E-state index contributed by atoms with van der Waals surface area (Å²) in [6, 6.07) is 0. The Kier molecular flexibility index (Phi) is 14.3. The second-order valence-corrected chi connectivity index (χ2v) is 9.31. The highest BCUT2D eigenvalue weighted by molar-refractivity contribution is 4.73. The van der Waals surface area contributed by atoms with E-state index < -0.39 is 0 Å². The summed E-state index contributed by atoms with van der Waals surface area (Å²) in [6.45, 7) is 17.0. The van der Waals surface area contributed by atoms with Crippen molar-refractivity contribution in [3.63, 3.8) is 0 Å². The van der Waals surface area contributed by atoms with Gasteiger partial charge in [-0.2, -0.15) is 0 Å². The molecule has 180 valence electrons. The fourth-order valence-electron chi connectivity index (χ4n) is 4.27. The second kappa shape index (κ2) is 15.5. The van der Waals surface area contributed by atoms with Crippen LogP contribution in [0, 0.1) is 0 Å². The van der Waals surface area contributed by atoms with E-state index in [-0.39, 0.29) is 24.4 Å². The lowest BCUT2D eigenvalue weighted by molar-refractivity contribution is 0.0745. The molecule has 0 bridgehead atoms. The van der Waals surface area contributed by atoms with Gasteiger partial charge in [-0.25, -0.2) is 0 Å². The van der Waals surface area contributed by atoms with Crippen molar-refractivity contribution >= 4 is 0 Å². The Morgan fingerprint density at radius 2 is 0.633 bits per heavy atom. The minimum atomic E-state index is -0.364. The highest BCUT2D eigenvalue weighted by atomic mass is 16.3. The Morgan fingerprint density at radius 3 is 0.800 bits per heavy atom. The molecule has 1 saturated heterocycles. The monoisotopic (exact) mass is 432 g/mol. The summed E-state index contributed by atoms with van der Waals surface area (Å²) in [7, 11) is 0. The van der Waals surface area contributed by atoms with E-state index in [1.807, 2.05) is 27.7 Å². The van der Waals surface area contributed by atoms with Crippen LogP contribution in [0.5, 0.6) is 0 Å². The number of hydrogen-bond donors (Lipinski definition) is 4. The zero-order chi connectivity index (χ0) is 22.5. The van der Waals surface area contributed by atoms with E-state index in [9.17, 15) is 20.4 Å². The van der Waals surface area contributed by atoms with Gasteiger partial charge in [0.25, 0.3) is 0 Å². The van der Waals surface area contributed by atoms with Crippen LogP contribution in [-0.4, -0.2) is 143 Å². The van der Waals surface area contributed by atoms with Crippen molar-refractivity contribution in [3.05, 3.63) is 0 Å². The Hall–Kier alpha value is -0.320. The summed E-state index contributed by atoms with van der Waals surface area (Å²) in [5.41, 5.74) is 0. The van der Waals surface area contributed by atoms with E-state index in [4.69, 9.17) is 0 Å². The van der Waals surface area contributed by atoms with Crippen LogP contribution in [0.2, 0.25) is 0 Å². The van der Waals surface area contributed by atoms with Gasteiger partial charge in [-0.15, -0.1) is 0 Å². The smallest absolute Gasteiger partial charge is 0.0639 e. The van der Waals surface area contributed by atoms with Crippen LogP contribution in [0.3, 0.4) is 0 Å². The maximum atomic E-state index is 9.89. The molecule has 4 N–H and O–H groups in total. The fourth-order valence-corrected chi connectivity index (χ4v) is 4.27. The van der Waals surface area contributed by atoms with Crippen LogP contribution in [-0.2, 0) is 0 Å². The van der Waals surface area contributed by atoms with Crippen LogP contribution in [0.15, 0.2) is 0 Å². The Morgan fingerprint density at radius 1 is 0.433 bits per heavy atom. The van der Waals surface area contributed by atoms with Gasteiger partial charge in [0.05, 0.1) is 24.4 Å². The SMILES string of the molecule is C[C@@H](O)CN1CCCN(C[C@@H](C)O)CCN(C[C@@H](C)O)CCCN(C[C@@H](C)O)CC1. The van der Waals surface area contributed by atoms with Gasteiger partial charge < -0.3 is 20.4 Å². The highest BCUT2D eigenvalue weighted by Gasteiger charge is 2.17. The first-order valence-corrected chi connectivity index (χ1v) is 11.8. The molecule has 8 heteroatoms. The predicted molar refractivity (Wildman–Crippen MR) is 122 cm³/mol. The van der Waals surface area contributed by atoms with Crippen molar-refractivity contribution < 1.29 is 20.4 Å². The van der Waals surface area contributed by atoms with Gasteiger partial charge in [0.2, 0.25) is 0 Å². The van der Waals surface area contributed by atoms with Crippen LogP contribution in [0.25, 0.3) is 0 Å². The maximum Gasteiger partial charge on any atom is 0.0639 e. The molecular weight excluding hydrogens is 384 g/mol. The molecule has 0 unspecified atom stereocenters. The molecule has 0 radical (unpaired) electrons. The average molecular weight is 433 g/mol. The van der Waals surface area contributed by atoms with Crippen molar-refractivity contribution in [3.8, 4) is 0 Å². The third-order valence-electron chi connectivity index (χ3n) is 5.45. The molecule has 30 heavy (non-hydrogen) atoms. The van der Waals surface area contributed by atoms with E-state index in [0.29, 0.717) is 26.2 Å². The zero-order valence-corrected chi connectivity index (χ0v) is 19.8. The maximum absolute atomic E-state index is 9.89. The molecule has 8 nitrogen and oxygen atoms in total. The molecular formula is C22H48N4O4. The first kappa shape index (κ1) is 27.7. The first-order valence-electron chi connectivity index (χ1n) is 11.8. The topological polar surface area (TPSA) is 93.9 Å². The number of rotatable bonds is 8. The molecule has 0 spiro atoms. The minimum absolute atomic E-state index is 0.364. The molecule has 4 atom stereocenters. The summed E-state index contributed by atoms with van der Waals surface area (Å²) in [6.07, 6.45) is 0.500. The highest BCUT2D eigenvalue weighted by Crippen LogP contribution is 2.05. The third kappa shape index (κ3) is 13.9. The van der Waals surface area contributed by atoms with E-state index in [2.05, 4.69) is 19.6 Å². The summed E-state index contributed by atoms with van der Waals surface area (Å²) in [4.78, 5) is 9.25. The molecule has 0 saturated carbocycles. The van der Waals surface area contributed by atoms with E-state index in [0.717, 1.165) is 65.2 Å². The second-order valence-electron chi connectivity index (χ2n) is 9.31. The van der Waals surface area contributed by atoms with Crippen molar-refractivity contribution in [1.82, 2.24) is 19.6 Å². The van der Waals surface area contributed by atoms with Gasteiger partial charge in [-0.3, -0.25) is 19.6 Å². The molecule has 1 aliphatic heterocycles. The predicted octanol–water partition coefficient (Wildman–Crippen LogP) is -0.489. The van der Waals surface area contributed by atoms with Gasteiger partial charge >= 0.3 is 0 Å². The number of hydrogen-bond acceptors (Lipinski definition) is 8. The number of aliphatic hydroxyl groups excluding tert-OH is 4. The minimum Gasteiger partial charge on any atom is -0.392 e. The number of aliphatic hydroxyl groups is 4. The van der Waals surface area contributed by atoms with Gasteiger partial charge in [-0.1, -0.05) is 0 Å². The van der Waals surface area contributed by atoms with Crippen LogP contribution in [0.4, 0.5) is 0 Å². The van der Waals surface area contributed by atoms with E-state index in [1.165, 1.54) is 0 Å². The average Bonchev–Trinajstić information content (AvgIpc) is 2.60. The van der Waals surface area contributed by atoms with Crippen molar-refractivity contribution in [2.24, 2.45) is 0 Å². The molecule has 1 fully saturated rings. The number of β-amino-alcohol motifs (C(OH)–C–C–N with tert-alkyl or cyclic N) is 4. The summed E-state index contributed by atoms with van der Waals surface area (Å²) < 4.78 is 0. The normalized spacial score (nSPS) is 24.8. The lowest BCUT2D eigenvalue weighted by Crippen LogP contribution is -2.45. The molecule has 0 aliphatic carbocycles. The van der Waals surface area contributed by atoms with Crippen molar-refractivity contribution in [2.45, 2.75) is 65.0 Å². The molecule has 1 heterocycles. The molecule has 0 aromatic carbocycles. The quantitative estimate of drug-likeness (QED) is 0.408. The molecule has 0 aromatic rings. The molecule has 1 rings (SSSR count). The van der Waals surface area contributed by atoms with Gasteiger partial charge in [-0.05, 0) is 66.7 Å². The summed E-state index contributed by atoms with van der Waals surface area (Å²) in [5.74, 6) is 0. The summed E-state index contributed by atoms with van der Waals surface area (Å²) >= 11 is 0. The lowest BCUT2D eigenvalue weighted by atomic mass is 10.2. The lowest BCUT2D eigenvalue weighted by Gasteiger charge is -2.33. The van der Waals surface area contributed by atoms with Gasteiger partial charge in [0.1, 0.15) is 0 Å². The fraction of sp³-hybridized carbons (Fsp3) is 1.00. The Bertz CT molecular complexity index is 350. The first-order chi connectivity index (χ1) is 14.2. The Labute approximate surface area is 184 Å². The summed E-state index contributed by atoms with van der Waals surface area (Å²) in [5, 5.41) is 39.6. The van der Waals surface area contributed by atoms with Gasteiger partial charge in [0.15, 0.2) is 0 Å². The largest absolute Gasteiger partial charge is 0.392 e.